The average molecular weight is 385 g/mol. The highest BCUT2D eigenvalue weighted by molar-refractivity contribution is 7.92. The van der Waals surface area contributed by atoms with E-state index in [1.54, 1.807) is 18.2 Å². The monoisotopic (exact) mass is 384 g/mol. The summed E-state index contributed by atoms with van der Waals surface area (Å²) in [6, 6.07) is 8.15. The van der Waals surface area contributed by atoms with Crippen molar-refractivity contribution in [3.63, 3.8) is 0 Å². The van der Waals surface area contributed by atoms with Gasteiger partial charge in [-0.05, 0) is 43.1 Å². The topological polar surface area (TPSA) is 60.4 Å². The van der Waals surface area contributed by atoms with E-state index >= 15 is 0 Å². The number of carbonyl (C=O) groups excluding carboxylic acids is 1. The zero-order chi connectivity index (χ0) is 19.1. The molecule has 1 aromatic carbocycles. The van der Waals surface area contributed by atoms with E-state index < -0.39 is 23.9 Å². The summed E-state index contributed by atoms with van der Waals surface area (Å²) in [5, 5.41) is 0.203. The Kier molecular flexibility index (Phi) is 8.03. The minimum absolute atomic E-state index is 0.203. The first-order valence-corrected chi connectivity index (χ1v) is 13.5. The van der Waals surface area contributed by atoms with Gasteiger partial charge in [-0.3, -0.25) is 4.79 Å². The first kappa shape index (κ1) is 22.1. The molecule has 0 aliphatic rings. The summed E-state index contributed by atoms with van der Waals surface area (Å²) in [7, 11) is -5.21. The molecule has 142 valence electrons. The predicted molar refractivity (Wildman–Crippen MR) is 105 cm³/mol. The molecule has 4 nitrogen and oxygen atoms in total. The minimum atomic E-state index is -3.51. The summed E-state index contributed by atoms with van der Waals surface area (Å²) in [4.78, 5) is 12.2. The van der Waals surface area contributed by atoms with Crippen LogP contribution in [0.4, 0.5) is 0 Å². The molecule has 0 saturated heterocycles. The number of benzene rings is 1. The Morgan fingerprint density at radius 2 is 1.64 bits per heavy atom. The Bertz CT molecular complexity index is 646. The number of ketones is 1. The smallest absolute Gasteiger partial charge is 0.191 e. The maximum Gasteiger partial charge on any atom is 0.191 e. The molecule has 0 unspecified atom stereocenters. The van der Waals surface area contributed by atoms with Crippen molar-refractivity contribution >= 4 is 23.9 Å². The fourth-order valence-corrected chi connectivity index (χ4v) is 4.53. The molecule has 0 amide bonds. The number of unbranched alkanes of at least 4 members (excludes halogenated alkanes) is 2. The van der Waals surface area contributed by atoms with Crippen molar-refractivity contribution in [2.45, 2.75) is 69.5 Å². The van der Waals surface area contributed by atoms with Crippen LogP contribution in [0.1, 0.15) is 46.5 Å². The fraction of sp³-hybridized carbons (Fsp3) is 0.632. The molecule has 1 rings (SSSR count). The zero-order valence-electron chi connectivity index (χ0n) is 16.2. The molecule has 0 aliphatic carbocycles. The molecule has 0 fully saturated rings. The summed E-state index contributed by atoms with van der Waals surface area (Å²) >= 11 is 0. The standard InChI is InChI=1S/C19H32O4SSi/c1-19(2,3)25(4,5)23-15-11-7-8-12-17(20)16-24(21,22)18-13-9-6-10-14-18/h6,9-10,13-14H,7-8,11-12,15-16H2,1-5H3. The van der Waals surface area contributed by atoms with Crippen molar-refractivity contribution in [2.75, 3.05) is 12.4 Å². The molecule has 25 heavy (non-hydrogen) atoms. The van der Waals surface area contributed by atoms with Gasteiger partial charge >= 0.3 is 0 Å². The third-order valence-corrected chi connectivity index (χ3v) is 11.1. The molecule has 0 aromatic heterocycles. The van der Waals surface area contributed by atoms with Crippen LogP contribution in [0.5, 0.6) is 0 Å². The number of rotatable bonds is 10. The molecule has 0 N–H and O–H groups in total. The third-order valence-electron chi connectivity index (χ3n) is 4.82. The van der Waals surface area contributed by atoms with E-state index in [4.69, 9.17) is 4.43 Å². The number of Topliss-reactive ketones (excluding diaryl/α,β-unsaturated/α-hetero) is 1. The van der Waals surface area contributed by atoms with Crippen LogP contribution in [0.3, 0.4) is 0 Å². The number of hydrogen-bond acceptors (Lipinski definition) is 4. The summed E-state index contributed by atoms with van der Waals surface area (Å²) in [6.45, 7) is 11.8. The van der Waals surface area contributed by atoms with Gasteiger partial charge in [-0.2, -0.15) is 0 Å². The van der Waals surface area contributed by atoms with Crippen LogP contribution in [-0.2, 0) is 19.1 Å². The largest absolute Gasteiger partial charge is 0.417 e. The first-order valence-electron chi connectivity index (χ1n) is 8.89. The van der Waals surface area contributed by atoms with Crippen molar-refractivity contribution in [1.82, 2.24) is 0 Å². The lowest BCUT2D eigenvalue weighted by Gasteiger charge is -2.36. The molecule has 0 saturated carbocycles. The quantitative estimate of drug-likeness (QED) is 0.436. The van der Waals surface area contributed by atoms with E-state index in [9.17, 15) is 13.2 Å². The van der Waals surface area contributed by atoms with Crippen LogP contribution in [0.2, 0.25) is 18.1 Å². The SMILES string of the molecule is CC(C)(C)[Si](C)(C)OCCCCCC(=O)CS(=O)(=O)c1ccccc1. The fourth-order valence-electron chi connectivity index (χ4n) is 2.14. The van der Waals surface area contributed by atoms with E-state index in [-0.39, 0.29) is 15.7 Å². The Balaban J connectivity index is 2.28. The molecule has 0 spiro atoms. The van der Waals surface area contributed by atoms with Gasteiger partial charge in [0.25, 0.3) is 0 Å². The molecule has 0 atom stereocenters. The van der Waals surface area contributed by atoms with Crippen LogP contribution >= 0.6 is 0 Å². The second kappa shape index (κ2) is 9.10. The maximum atomic E-state index is 12.1. The van der Waals surface area contributed by atoms with Crippen molar-refractivity contribution in [3.05, 3.63) is 30.3 Å². The van der Waals surface area contributed by atoms with Gasteiger partial charge in [-0.1, -0.05) is 45.4 Å². The van der Waals surface area contributed by atoms with Crippen LogP contribution < -0.4 is 0 Å². The Morgan fingerprint density at radius 3 is 2.20 bits per heavy atom. The van der Waals surface area contributed by atoms with Crippen molar-refractivity contribution in [3.8, 4) is 0 Å². The van der Waals surface area contributed by atoms with Gasteiger partial charge in [0, 0.05) is 13.0 Å². The Morgan fingerprint density at radius 1 is 1.04 bits per heavy atom. The number of carbonyl (C=O) groups is 1. The zero-order valence-corrected chi connectivity index (χ0v) is 18.0. The maximum absolute atomic E-state index is 12.1. The van der Waals surface area contributed by atoms with E-state index in [1.807, 2.05) is 0 Å². The predicted octanol–water partition coefficient (Wildman–Crippen LogP) is 4.61. The van der Waals surface area contributed by atoms with Crippen LogP contribution in [0.25, 0.3) is 0 Å². The molecule has 6 heteroatoms. The second-order valence-corrected chi connectivity index (χ2v) is 14.8. The Hall–Kier alpha value is -0.983. The first-order chi connectivity index (χ1) is 11.5. The third kappa shape index (κ3) is 7.42. The van der Waals surface area contributed by atoms with E-state index in [0.29, 0.717) is 19.4 Å². The van der Waals surface area contributed by atoms with E-state index in [2.05, 4.69) is 33.9 Å². The Labute approximate surface area is 154 Å². The molecule has 0 radical (unpaired) electrons. The highest BCUT2D eigenvalue weighted by atomic mass is 32.2. The van der Waals surface area contributed by atoms with Crippen molar-refractivity contribution in [1.29, 1.82) is 0 Å². The molecule has 0 heterocycles. The second-order valence-electron chi connectivity index (χ2n) is 8.03. The average Bonchev–Trinajstić information content (AvgIpc) is 2.50. The summed E-state index contributed by atoms with van der Waals surface area (Å²) in [6.07, 6.45) is 2.81. The van der Waals surface area contributed by atoms with E-state index in [1.165, 1.54) is 12.1 Å². The highest BCUT2D eigenvalue weighted by Gasteiger charge is 2.36. The van der Waals surface area contributed by atoms with Gasteiger partial charge < -0.3 is 4.43 Å². The summed E-state index contributed by atoms with van der Waals surface area (Å²) in [5.74, 6) is -0.619. The van der Waals surface area contributed by atoms with Gasteiger partial charge in [-0.25, -0.2) is 8.42 Å². The van der Waals surface area contributed by atoms with Gasteiger partial charge in [0.05, 0.1) is 4.90 Å². The van der Waals surface area contributed by atoms with Gasteiger partial charge in [0.15, 0.2) is 18.2 Å². The van der Waals surface area contributed by atoms with Crippen LogP contribution in [0.15, 0.2) is 35.2 Å². The van der Waals surface area contributed by atoms with Crippen LogP contribution in [-0.4, -0.2) is 34.9 Å². The molecule has 0 aliphatic heterocycles. The normalized spacial score (nSPS) is 13.0. The van der Waals surface area contributed by atoms with Gasteiger partial charge in [0.2, 0.25) is 0 Å². The summed E-state index contributed by atoms with van der Waals surface area (Å²) < 4.78 is 30.4. The summed E-state index contributed by atoms with van der Waals surface area (Å²) in [5.41, 5.74) is 0. The van der Waals surface area contributed by atoms with Gasteiger partial charge in [0.1, 0.15) is 11.5 Å². The van der Waals surface area contributed by atoms with Crippen molar-refractivity contribution in [2.24, 2.45) is 0 Å². The lowest BCUT2D eigenvalue weighted by atomic mass is 10.1. The van der Waals surface area contributed by atoms with Crippen LogP contribution in [0, 0.1) is 0 Å². The highest BCUT2D eigenvalue weighted by Crippen LogP contribution is 2.36. The molecular formula is C19H32O4SSi. The molecule has 0 bridgehead atoms. The molecular weight excluding hydrogens is 352 g/mol. The minimum Gasteiger partial charge on any atom is -0.417 e. The molecule has 1 aromatic rings. The lowest BCUT2D eigenvalue weighted by Crippen LogP contribution is -2.40. The number of sulfone groups is 1. The number of hydrogen-bond donors (Lipinski definition) is 0. The van der Waals surface area contributed by atoms with Crippen molar-refractivity contribution < 1.29 is 17.6 Å². The van der Waals surface area contributed by atoms with E-state index in [0.717, 1.165) is 12.8 Å². The van der Waals surface area contributed by atoms with Gasteiger partial charge in [-0.15, -0.1) is 0 Å². The lowest BCUT2D eigenvalue weighted by molar-refractivity contribution is -0.116.